The molecular weight excluding hydrogens is 392 g/mol. The molecule has 0 spiro atoms. The van der Waals surface area contributed by atoms with Crippen LogP contribution in [0.15, 0.2) is 48.8 Å². The number of primary amides is 1. The minimum Gasteiger partial charge on any atom is -0.376 e. The van der Waals surface area contributed by atoms with Crippen molar-refractivity contribution >= 4 is 11.7 Å². The highest BCUT2D eigenvalue weighted by atomic mass is 19.2. The molecule has 30 heavy (non-hydrogen) atoms. The Morgan fingerprint density at radius 2 is 2.03 bits per heavy atom. The topological polar surface area (TPSA) is 103 Å². The lowest BCUT2D eigenvalue weighted by molar-refractivity contribution is -0.120. The molecule has 156 valence electrons. The Morgan fingerprint density at radius 3 is 2.70 bits per heavy atom. The molecule has 2 aromatic heterocycles. The van der Waals surface area contributed by atoms with Crippen molar-refractivity contribution in [2.45, 2.75) is 18.9 Å². The van der Waals surface area contributed by atoms with E-state index in [1.165, 1.54) is 19.4 Å². The molecule has 0 radical (unpaired) electrons. The smallest absolute Gasteiger partial charge is 0.220 e. The van der Waals surface area contributed by atoms with Gasteiger partial charge in [-0.3, -0.25) is 9.78 Å². The van der Waals surface area contributed by atoms with E-state index in [2.05, 4.69) is 20.3 Å². The fraction of sp³-hybridized carbons (Fsp3) is 0.238. The number of carbonyl (C=O) groups excluding carboxylic acids is 1. The van der Waals surface area contributed by atoms with E-state index < -0.39 is 23.6 Å². The average molecular weight is 413 g/mol. The number of hydrogen-bond acceptors (Lipinski definition) is 6. The normalized spacial score (nSPS) is 11.8. The molecule has 1 unspecified atom stereocenters. The van der Waals surface area contributed by atoms with Crippen LogP contribution in [0.3, 0.4) is 0 Å². The molecule has 0 aliphatic carbocycles. The molecule has 0 aliphatic rings. The van der Waals surface area contributed by atoms with Gasteiger partial charge in [0.25, 0.3) is 0 Å². The van der Waals surface area contributed by atoms with Crippen LogP contribution in [0, 0.1) is 11.6 Å². The second-order valence-electron chi connectivity index (χ2n) is 6.52. The van der Waals surface area contributed by atoms with Crippen molar-refractivity contribution in [2.24, 2.45) is 5.73 Å². The van der Waals surface area contributed by atoms with Crippen molar-refractivity contribution in [2.75, 3.05) is 19.0 Å². The molecule has 0 saturated heterocycles. The number of nitrogens with one attached hydrogen (secondary N) is 1. The summed E-state index contributed by atoms with van der Waals surface area (Å²) >= 11 is 0. The molecule has 0 fully saturated rings. The van der Waals surface area contributed by atoms with Crippen molar-refractivity contribution in [3.8, 4) is 11.4 Å². The zero-order valence-electron chi connectivity index (χ0n) is 16.3. The molecule has 1 amide bonds. The van der Waals surface area contributed by atoms with E-state index in [9.17, 15) is 13.6 Å². The van der Waals surface area contributed by atoms with Gasteiger partial charge in [0.2, 0.25) is 5.91 Å². The number of hydrogen-bond donors (Lipinski definition) is 2. The molecule has 0 saturated carbocycles. The highest BCUT2D eigenvalue weighted by molar-refractivity contribution is 5.75. The first kappa shape index (κ1) is 21.3. The van der Waals surface area contributed by atoms with Gasteiger partial charge in [0, 0.05) is 49.3 Å². The monoisotopic (exact) mass is 413 g/mol. The predicted octanol–water partition coefficient (Wildman–Crippen LogP) is 3.03. The van der Waals surface area contributed by atoms with E-state index in [0.717, 1.165) is 17.8 Å². The summed E-state index contributed by atoms with van der Waals surface area (Å²) < 4.78 is 32.3. The highest BCUT2D eigenvalue weighted by Crippen LogP contribution is 2.28. The number of nitrogens with two attached hydrogens (primary N) is 1. The maximum absolute atomic E-state index is 13.6. The molecule has 2 heterocycles. The van der Waals surface area contributed by atoms with Gasteiger partial charge in [-0.05, 0) is 30.3 Å². The summed E-state index contributed by atoms with van der Waals surface area (Å²) in [4.78, 5) is 24.4. The lowest BCUT2D eigenvalue weighted by atomic mass is 10.1. The number of pyridine rings is 1. The van der Waals surface area contributed by atoms with Gasteiger partial charge in [0.1, 0.15) is 5.82 Å². The molecule has 3 N–H and O–H groups in total. The van der Waals surface area contributed by atoms with Crippen molar-refractivity contribution < 1.29 is 18.3 Å². The highest BCUT2D eigenvalue weighted by Gasteiger charge is 2.20. The number of anilines is 1. The summed E-state index contributed by atoms with van der Waals surface area (Å²) in [5, 5.41) is 3.19. The Balaban J connectivity index is 1.90. The molecule has 7 nitrogen and oxygen atoms in total. The van der Waals surface area contributed by atoms with Crippen molar-refractivity contribution in [1.29, 1.82) is 0 Å². The predicted molar refractivity (Wildman–Crippen MR) is 107 cm³/mol. The summed E-state index contributed by atoms with van der Waals surface area (Å²) in [6.45, 7) is 0.491. The van der Waals surface area contributed by atoms with Gasteiger partial charge in [-0.15, -0.1) is 0 Å². The van der Waals surface area contributed by atoms with Crippen LogP contribution in [0.25, 0.3) is 11.4 Å². The first-order valence-electron chi connectivity index (χ1n) is 9.25. The van der Waals surface area contributed by atoms with Gasteiger partial charge in [-0.1, -0.05) is 6.07 Å². The molecule has 0 aliphatic heterocycles. The first-order chi connectivity index (χ1) is 14.5. The third-order valence-corrected chi connectivity index (χ3v) is 4.41. The van der Waals surface area contributed by atoms with Gasteiger partial charge in [0.15, 0.2) is 17.5 Å². The quantitative estimate of drug-likeness (QED) is 0.559. The number of carbonyl (C=O) groups is 1. The van der Waals surface area contributed by atoms with Crippen LogP contribution in [-0.2, 0) is 16.0 Å². The molecule has 1 aromatic carbocycles. The minimum atomic E-state index is -0.992. The number of amides is 1. The zero-order valence-corrected chi connectivity index (χ0v) is 16.3. The summed E-state index contributed by atoms with van der Waals surface area (Å²) in [6.07, 6.45) is 3.11. The van der Waals surface area contributed by atoms with Crippen LogP contribution in [0.2, 0.25) is 0 Å². The zero-order chi connectivity index (χ0) is 21.5. The molecular formula is C21H21F2N5O2. The summed E-state index contributed by atoms with van der Waals surface area (Å²) in [5.41, 5.74) is 7.06. The van der Waals surface area contributed by atoms with Gasteiger partial charge < -0.3 is 15.8 Å². The van der Waals surface area contributed by atoms with E-state index in [-0.39, 0.29) is 12.2 Å². The summed E-state index contributed by atoms with van der Waals surface area (Å²) in [7, 11) is 1.45. The SMILES string of the molecule is COC(CC(N)=O)c1cnc(-c2ccc(F)c(F)c2)nc1NCCc1ccccn1. The van der Waals surface area contributed by atoms with E-state index >= 15 is 0 Å². The third-order valence-electron chi connectivity index (χ3n) is 4.41. The maximum atomic E-state index is 13.6. The number of methoxy groups -OCH3 is 1. The largest absolute Gasteiger partial charge is 0.376 e. The Kier molecular flexibility index (Phi) is 6.97. The van der Waals surface area contributed by atoms with Crippen LogP contribution in [-0.4, -0.2) is 34.5 Å². The second-order valence-corrected chi connectivity index (χ2v) is 6.52. The first-order valence-corrected chi connectivity index (χ1v) is 9.25. The van der Waals surface area contributed by atoms with Gasteiger partial charge >= 0.3 is 0 Å². The van der Waals surface area contributed by atoms with Crippen LogP contribution >= 0.6 is 0 Å². The second kappa shape index (κ2) is 9.84. The lowest BCUT2D eigenvalue weighted by Crippen LogP contribution is -2.19. The Bertz CT molecular complexity index is 1020. The maximum Gasteiger partial charge on any atom is 0.220 e. The number of nitrogens with zero attached hydrogens (tertiary/aromatic N) is 3. The number of halogens is 2. The van der Waals surface area contributed by atoms with Crippen LogP contribution in [0.5, 0.6) is 0 Å². The molecule has 1 atom stereocenters. The van der Waals surface area contributed by atoms with Gasteiger partial charge in [-0.2, -0.15) is 0 Å². The van der Waals surface area contributed by atoms with Crippen LogP contribution < -0.4 is 11.1 Å². The molecule has 3 rings (SSSR count). The molecule has 9 heteroatoms. The third kappa shape index (κ3) is 5.32. The number of aromatic nitrogens is 3. The van der Waals surface area contributed by atoms with E-state index in [4.69, 9.17) is 10.5 Å². The van der Waals surface area contributed by atoms with E-state index in [0.29, 0.717) is 29.9 Å². The number of rotatable bonds is 9. The Labute approximate surface area is 172 Å². The van der Waals surface area contributed by atoms with Gasteiger partial charge in [-0.25, -0.2) is 18.7 Å². The standard InChI is InChI=1S/C21H21F2N5O2/c1-30-18(11-19(24)29)15-12-27-20(13-5-6-16(22)17(23)10-13)28-21(15)26-9-7-14-4-2-3-8-25-14/h2-6,8,10,12,18H,7,9,11H2,1H3,(H2,24,29)(H,26,27,28). The fourth-order valence-electron chi connectivity index (χ4n) is 2.90. The van der Waals surface area contributed by atoms with E-state index in [1.807, 2.05) is 18.2 Å². The fourth-order valence-corrected chi connectivity index (χ4v) is 2.90. The number of benzene rings is 1. The van der Waals surface area contributed by atoms with Crippen LogP contribution in [0.1, 0.15) is 23.8 Å². The van der Waals surface area contributed by atoms with E-state index in [1.54, 1.807) is 6.20 Å². The summed E-state index contributed by atoms with van der Waals surface area (Å²) in [6, 6.07) is 9.07. The minimum absolute atomic E-state index is 0.0562. The van der Waals surface area contributed by atoms with Crippen LogP contribution in [0.4, 0.5) is 14.6 Å². The lowest BCUT2D eigenvalue weighted by Gasteiger charge is -2.18. The van der Waals surface area contributed by atoms with Gasteiger partial charge in [0.05, 0.1) is 12.5 Å². The molecule has 3 aromatic rings. The number of ether oxygens (including phenoxy) is 1. The van der Waals surface area contributed by atoms with Crippen molar-refractivity contribution in [3.05, 3.63) is 71.7 Å². The van der Waals surface area contributed by atoms with Crippen molar-refractivity contribution in [3.63, 3.8) is 0 Å². The average Bonchev–Trinajstić information content (AvgIpc) is 2.74. The molecule has 0 bridgehead atoms. The Hall–Kier alpha value is -3.46. The summed E-state index contributed by atoms with van der Waals surface area (Å²) in [5.74, 6) is -1.87. The Morgan fingerprint density at radius 1 is 1.20 bits per heavy atom. The van der Waals surface area contributed by atoms with Crippen molar-refractivity contribution in [1.82, 2.24) is 15.0 Å².